The molecule has 1 heterocycles. The van der Waals surface area contributed by atoms with Gasteiger partial charge in [-0.1, -0.05) is 12.1 Å². The Hall–Kier alpha value is -1.77. The number of aromatic hydroxyl groups is 2. The number of benzene rings is 1. The maximum atomic E-state index is 9.70. The number of aromatic nitrogens is 1. The van der Waals surface area contributed by atoms with Gasteiger partial charge in [0.05, 0.1) is 5.39 Å². The molecule has 0 atom stereocenters. The molecule has 0 aliphatic heterocycles. The van der Waals surface area contributed by atoms with Gasteiger partial charge in [0.2, 0.25) is 17.5 Å². The quantitative estimate of drug-likeness (QED) is 0.616. The highest BCUT2D eigenvalue weighted by Crippen LogP contribution is 2.32. The number of rotatable bonds is 0. The molecule has 2 aromatic rings. The lowest BCUT2D eigenvalue weighted by molar-refractivity contribution is -0.645. The van der Waals surface area contributed by atoms with Gasteiger partial charge < -0.3 is 10.2 Å². The Kier molecular flexibility index (Phi) is 1.81. The summed E-state index contributed by atoms with van der Waals surface area (Å²) in [4.78, 5) is 0. The van der Waals surface area contributed by atoms with Crippen LogP contribution in [0.5, 0.6) is 11.5 Å². The van der Waals surface area contributed by atoms with Crippen LogP contribution in [0.4, 0.5) is 0 Å². The van der Waals surface area contributed by atoms with Crippen molar-refractivity contribution in [2.75, 3.05) is 0 Å². The fraction of sp³-hybridized carbons (Fsp3) is 0.182. The molecule has 0 aliphatic carbocycles. The molecule has 0 amide bonds. The summed E-state index contributed by atoms with van der Waals surface area (Å²) in [5.41, 5.74) is 1.85. The second-order valence-electron chi connectivity index (χ2n) is 3.44. The zero-order valence-electron chi connectivity index (χ0n) is 8.15. The Bertz CT molecular complexity index is 506. The Morgan fingerprint density at radius 3 is 2.64 bits per heavy atom. The molecule has 0 radical (unpaired) electrons. The normalized spacial score (nSPS) is 10.7. The zero-order chi connectivity index (χ0) is 10.3. The minimum atomic E-state index is -0.0886. The van der Waals surface area contributed by atoms with Crippen molar-refractivity contribution in [2.45, 2.75) is 6.92 Å². The highest BCUT2D eigenvalue weighted by atomic mass is 16.3. The fourth-order valence-electron chi connectivity index (χ4n) is 1.70. The predicted octanol–water partition coefficient (Wildman–Crippen LogP) is 1.38. The lowest BCUT2D eigenvalue weighted by atomic mass is 10.1. The van der Waals surface area contributed by atoms with Crippen LogP contribution in [0.25, 0.3) is 10.9 Å². The van der Waals surface area contributed by atoms with E-state index in [2.05, 4.69) is 0 Å². The van der Waals surface area contributed by atoms with Crippen molar-refractivity contribution in [3.8, 4) is 11.5 Å². The van der Waals surface area contributed by atoms with Crippen LogP contribution in [-0.2, 0) is 7.05 Å². The van der Waals surface area contributed by atoms with Crippen LogP contribution >= 0.6 is 0 Å². The molecule has 14 heavy (non-hydrogen) atoms. The summed E-state index contributed by atoms with van der Waals surface area (Å²) in [6.07, 6.45) is 1.50. The van der Waals surface area contributed by atoms with Crippen molar-refractivity contribution in [3.05, 3.63) is 30.0 Å². The first-order valence-corrected chi connectivity index (χ1v) is 4.41. The van der Waals surface area contributed by atoms with Crippen LogP contribution in [0.1, 0.15) is 5.56 Å². The van der Waals surface area contributed by atoms with Crippen LogP contribution in [0.15, 0.2) is 24.4 Å². The van der Waals surface area contributed by atoms with Gasteiger partial charge in [-0.2, -0.15) is 4.57 Å². The molecule has 1 aromatic heterocycles. The minimum Gasteiger partial charge on any atom is -0.504 e. The Morgan fingerprint density at radius 2 is 1.93 bits per heavy atom. The fourth-order valence-corrected chi connectivity index (χ4v) is 1.70. The van der Waals surface area contributed by atoms with Crippen molar-refractivity contribution in [2.24, 2.45) is 7.05 Å². The third-order valence-corrected chi connectivity index (χ3v) is 2.43. The van der Waals surface area contributed by atoms with Crippen molar-refractivity contribution >= 4 is 10.9 Å². The van der Waals surface area contributed by atoms with Gasteiger partial charge in [-0.15, -0.1) is 0 Å². The van der Waals surface area contributed by atoms with Crippen molar-refractivity contribution in [1.82, 2.24) is 0 Å². The molecule has 0 unspecified atom stereocenters. The first-order valence-electron chi connectivity index (χ1n) is 4.41. The molecule has 3 heteroatoms. The zero-order valence-corrected chi connectivity index (χ0v) is 8.15. The largest absolute Gasteiger partial charge is 0.504 e. The van der Waals surface area contributed by atoms with Crippen LogP contribution in [0.2, 0.25) is 0 Å². The van der Waals surface area contributed by atoms with Crippen LogP contribution in [-0.4, -0.2) is 10.2 Å². The molecule has 72 valence electrons. The number of hydrogen-bond acceptors (Lipinski definition) is 2. The van der Waals surface area contributed by atoms with Gasteiger partial charge in [-0.05, 0) is 12.5 Å². The third kappa shape index (κ3) is 1.09. The van der Waals surface area contributed by atoms with Crippen molar-refractivity contribution in [3.63, 3.8) is 0 Å². The van der Waals surface area contributed by atoms with Gasteiger partial charge in [-0.25, -0.2) is 0 Å². The molecule has 0 saturated carbocycles. The monoisotopic (exact) mass is 190 g/mol. The maximum absolute atomic E-state index is 9.70. The van der Waals surface area contributed by atoms with Crippen molar-refractivity contribution in [1.29, 1.82) is 0 Å². The topological polar surface area (TPSA) is 44.3 Å². The molecule has 0 saturated heterocycles. The van der Waals surface area contributed by atoms with E-state index in [0.29, 0.717) is 5.39 Å². The molecule has 0 spiro atoms. The summed E-state index contributed by atoms with van der Waals surface area (Å²) in [7, 11) is 1.83. The average Bonchev–Trinajstić information content (AvgIpc) is 2.14. The molecule has 2 N–H and O–H groups in total. The van der Waals surface area contributed by atoms with Crippen LogP contribution in [0, 0.1) is 6.92 Å². The molecule has 0 aliphatic rings. The molecular weight excluding hydrogens is 178 g/mol. The van der Waals surface area contributed by atoms with E-state index in [-0.39, 0.29) is 11.5 Å². The van der Waals surface area contributed by atoms with Gasteiger partial charge in [-0.3, -0.25) is 0 Å². The summed E-state index contributed by atoms with van der Waals surface area (Å²) < 4.78 is 1.79. The molecular formula is C11H12NO2+. The SMILES string of the molecule is Cc1cccc2c1c(O)c(O)c[n+]2C. The first-order chi connectivity index (χ1) is 6.61. The number of aryl methyl sites for hydroxylation is 2. The third-order valence-electron chi connectivity index (χ3n) is 2.43. The van der Waals surface area contributed by atoms with E-state index in [1.54, 1.807) is 4.57 Å². The smallest absolute Gasteiger partial charge is 0.223 e. The van der Waals surface area contributed by atoms with Crippen LogP contribution < -0.4 is 4.57 Å². The van der Waals surface area contributed by atoms with Gasteiger partial charge in [0.25, 0.3) is 0 Å². The lowest BCUT2D eigenvalue weighted by Gasteiger charge is -2.03. The van der Waals surface area contributed by atoms with Gasteiger partial charge in [0, 0.05) is 6.07 Å². The number of hydrogen-bond donors (Lipinski definition) is 2. The average molecular weight is 190 g/mol. The molecule has 3 nitrogen and oxygen atoms in total. The molecule has 0 bridgehead atoms. The second-order valence-corrected chi connectivity index (χ2v) is 3.44. The second kappa shape index (κ2) is 2.87. The Labute approximate surface area is 81.9 Å². The highest BCUT2D eigenvalue weighted by molar-refractivity contribution is 5.87. The summed E-state index contributed by atoms with van der Waals surface area (Å²) in [6.45, 7) is 1.90. The predicted molar refractivity (Wildman–Crippen MR) is 53.2 cm³/mol. The van der Waals surface area contributed by atoms with E-state index >= 15 is 0 Å². The van der Waals surface area contributed by atoms with Gasteiger partial charge in [0.1, 0.15) is 7.05 Å². The summed E-state index contributed by atoms with van der Waals surface area (Å²) in [5, 5.41) is 19.9. The van der Waals surface area contributed by atoms with E-state index in [1.165, 1.54) is 6.20 Å². The number of nitrogens with zero attached hydrogens (tertiary/aromatic N) is 1. The Balaban J connectivity index is 3.03. The first kappa shape index (κ1) is 8.81. The molecule has 2 rings (SSSR count). The number of fused-ring (bicyclic) bond motifs is 1. The van der Waals surface area contributed by atoms with E-state index < -0.39 is 0 Å². The minimum absolute atomic E-state index is 0.0452. The summed E-state index contributed by atoms with van der Waals surface area (Å²) in [6, 6.07) is 5.73. The van der Waals surface area contributed by atoms with Crippen molar-refractivity contribution < 1.29 is 14.8 Å². The van der Waals surface area contributed by atoms with Gasteiger partial charge >= 0.3 is 0 Å². The van der Waals surface area contributed by atoms with Crippen LogP contribution in [0.3, 0.4) is 0 Å². The van der Waals surface area contributed by atoms with E-state index in [4.69, 9.17) is 0 Å². The molecule has 1 aromatic carbocycles. The lowest BCUT2D eigenvalue weighted by Crippen LogP contribution is -2.28. The van der Waals surface area contributed by atoms with E-state index in [0.717, 1.165) is 11.1 Å². The Morgan fingerprint density at radius 1 is 1.21 bits per heavy atom. The standard InChI is InChI=1S/C11H11NO2/c1-7-4-3-5-8-10(7)11(14)9(13)6-12(8)2/h3-6,13H,1-2H3/p+1. The maximum Gasteiger partial charge on any atom is 0.223 e. The summed E-state index contributed by atoms with van der Waals surface area (Å²) in [5.74, 6) is -0.134. The summed E-state index contributed by atoms with van der Waals surface area (Å²) >= 11 is 0. The van der Waals surface area contributed by atoms with E-state index in [9.17, 15) is 10.2 Å². The molecule has 0 fully saturated rings. The van der Waals surface area contributed by atoms with Gasteiger partial charge in [0.15, 0.2) is 5.75 Å². The van der Waals surface area contributed by atoms with E-state index in [1.807, 2.05) is 32.2 Å². The number of pyridine rings is 1. The highest BCUT2D eigenvalue weighted by Gasteiger charge is 2.15.